The minimum atomic E-state index is -0.507. The normalized spacial score (nSPS) is 15.1. The van der Waals surface area contributed by atoms with Crippen LogP contribution in [0.1, 0.15) is 18.1 Å². The Morgan fingerprint density at radius 1 is 1.24 bits per heavy atom. The predicted octanol–water partition coefficient (Wildman–Crippen LogP) is 0.758. The van der Waals surface area contributed by atoms with Crippen molar-refractivity contribution in [2.45, 2.75) is 13.5 Å². The van der Waals surface area contributed by atoms with Gasteiger partial charge in [0.15, 0.2) is 0 Å². The average molecular weight is 287 g/mol. The molecule has 1 aromatic rings. The number of carbonyl (C=O) groups excluding carboxylic acids is 2. The molecular formula is C15H17N3O3. The van der Waals surface area contributed by atoms with Crippen molar-refractivity contribution in [2.24, 2.45) is 0 Å². The number of nitriles is 1. The Kier molecular flexibility index (Phi) is 4.43. The van der Waals surface area contributed by atoms with Crippen LogP contribution < -0.4 is 4.74 Å². The Balaban J connectivity index is 2.21. The standard InChI is InChI=1S/C15H17N3O3/c1-3-17-6-7-18(15(20)14(17)19)10-12-8-11(9-16)4-5-13(12)21-2/h4-5,8H,3,6-7,10H2,1-2H3. The first kappa shape index (κ1) is 14.9. The minimum absolute atomic E-state index is 0.265. The zero-order chi connectivity index (χ0) is 15.4. The fourth-order valence-corrected chi connectivity index (χ4v) is 2.34. The van der Waals surface area contributed by atoms with Crippen LogP contribution in [-0.2, 0) is 16.1 Å². The van der Waals surface area contributed by atoms with Crippen molar-refractivity contribution < 1.29 is 14.3 Å². The zero-order valence-electron chi connectivity index (χ0n) is 12.1. The lowest BCUT2D eigenvalue weighted by atomic mass is 10.1. The molecule has 21 heavy (non-hydrogen) atoms. The van der Waals surface area contributed by atoms with Crippen molar-refractivity contribution in [3.63, 3.8) is 0 Å². The lowest BCUT2D eigenvalue weighted by molar-refractivity contribution is -0.156. The van der Waals surface area contributed by atoms with Crippen LogP contribution in [0.4, 0.5) is 0 Å². The van der Waals surface area contributed by atoms with Crippen molar-refractivity contribution >= 4 is 11.8 Å². The van der Waals surface area contributed by atoms with Gasteiger partial charge in [-0.2, -0.15) is 5.26 Å². The van der Waals surface area contributed by atoms with Crippen molar-refractivity contribution in [1.82, 2.24) is 9.80 Å². The molecule has 110 valence electrons. The number of nitrogens with zero attached hydrogens (tertiary/aromatic N) is 3. The van der Waals surface area contributed by atoms with Crippen LogP contribution in [0.5, 0.6) is 5.75 Å². The first-order chi connectivity index (χ1) is 10.1. The summed E-state index contributed by atoms with van der Waals surface area (Å²) < 4.78 is 5.25. The van der Waals surface area contributed by atoms with Gasteiger partial charge in [-0.1, -0.05) is 0 Å². The highest BCUT2D eigenvalue weighted by atomic mass is 16.5. The van der Waals surface area contributed by atoms with E-state index in [1.807, 2.05) is 6.92 Å². The number of methoxy groups -OCH3 is 1. The summed E-state index contributed by atoms with van der Waals surface area (Å²) in [7, 11) is 1.53. The molecule has 0 saturated carbocycles. The number of hydrogen-bond donors (Lipinski definition) is 0. The van der Waals surface area contributed by atoms with Gasteiger partial charge >= 0.3 is 11.8 Å². The molecule has 0 aromatic heterocycles. The van der Waals surface area contributed by atoms with Crippen LogP contribution in [0.2, 0.25) is 0 Å². The number of amides is 2. The third kappa shape index (κ3) is 2.97. The van der Waals surface area contributed by atoms with Crippen molar-refractivity contribution in [3.8, 4) is 11.8 Å². The van der Waals surface area contributed by atoms with Crippen LogP contribution in [-0.4, -0.2) is 48.4 Å². The van der Waals surface area contributed by atoms with Crippen molar-refractivity contribution in [1.29, 1.82) is 5.26 Å². The van der Waals surface area contributed by atoms with E-state index in [1.54, 1.807) is 18.2 Å². The van der Waals surface area contributed by atoms with E-state index >= 15 is 0 Å². The quantitative estimate of drug-likeness (QED) is 0.766. The molecule has 2 amide bonds. The van der Waals surface area contributed by atoms with Crippen molar-refractivity contribution in [2.75, 3.05) is 26.7 Å². The van der Waals surface area contributed by atoms with E-state index in [9.17, 15) is 9.59 Å². The van der Waals surface area contributed by atoms with E-state index in [0.717, 1.165) is 5.56 Å². The monoisotopic (exact) mass is 287 g/mol. The predicted molar refractivity (Wildman–Crippen MR) is 75.4 cm³/mol. The molecule has 1 saturated heterocycles. The second kappa shape index (κ2) is 6.27. The molecule has 0 radical (unpaired) electrons. The molecule has 0 N–H and O–H groups in total. The Morgan fingerprint density at radius 3 is 2.52 bits per heavy atom. The van der Waals surface area contributed by atoms with Gasteiger partial charge in [-0.25, -0.2) is 0 Å². The van der Waals surface area contributed by atoms with Crippen LogP contribution in [0.15, 0.2) is 18.2 Å². The second-order valence-electron chi connectivity index (χ2n) is 4.75. The molecule has 1 aromatic carbocycles. The molecule has 1 fully saturated rings. The van der Waals surface area contributed by atoms with Gasteiger partial charge in [0.05, 0.1) is 18.7 Å². The highest BCUT2D eigenvalue weighted by Gasteiger charge is 2.31. The number of rotatable bonds is 4. The molecule has 6 heteroatoms. The maximum atomic E-state index is 12.1. The highest BCUT2D eigenvalue weighted by Crippen LogP contribution is 2.22. The molecule has 1 aliphatic rings. The van der Waals surface area contributed by atoms with E-state index in [0.29, 0.717) is 30.9 Å². The maximum absolute atomic E-state index is 12.1. The van der Waals surface area contributed by atoms with E-state index in [1.165, 1.54) is 16.9 Å². The Morgan fingerprint density at radius 2 is 1.90 bits per heavy atom. The van der Waals surface area contributed by atoms with Gasteiger partial charge < -0.3 is 14.5 Å². The molecule has 0 atom stereocenters. The largest absolute Gasteiger partial charge is 0.496 e. The molecule has 2 rings (SSSR count). The minimum Gasteiger partial charge on any atom is -0.496 e. The summed E-state index contributed by atoms with van der Waals surface area (Å²) in [5.74, 6) is -0.376. The number of carbonyl (C=O) groups is 2. The maximum Gasteiger partial charge on any atom is 0.312 e. The van der Waals surface area contributed by atoms with E-state index in [4.69, 9.17) is 10.00 Å². The molecule has 0 bridgehead atoms. The highest BCUT2D eigenvalue weighted by molar-refractivity contribution is 6.35. The Bertz CT molecular complexity index is 607. The lowest BCUT2D eigenvalue weighted by Gasteiger charge is -2.33. The average Bonchev–Trinajstić information content (AvgIpc) is 2.52. The first-order valence-corrected chi connectivity index (χ1v) is 6.76. The summed E-state index contributed by atoms with van der Waals surface area (Å²) in [5.41, 5.74) is 1.22. The van der Waals surface area contributed by atoms with E-state index < -0.39 is 11.8 Å². The fourth-order valence-electron chi connectivity index (χ4n) is 2.34. The number of likely N-dealkylation sites (N-methyl/N-ethyl adjacent to an activating group) is 1. The van der Waals surface area contributed by atoms with E-state index in [-0.39, 0.29) is 6.54 Å². The van der Waals surface area contributed by atoms with Gasteiger partial charge in [0.2, 0.25) is 0 Å². The number of piperazine rings is 1. The van der Waals surface area contributed by atoms with Gasteiger partial charge in [-0.15, -0.1) is 0 Å². The molecular weight excluding hydrogens is 270 g/mol. The Labute approximate surface area is 123 Å². The molecule has 1 heterocycles. The van der Waals surface area contributed by atoms with E-state index in [2.05, 4.69) is 6.07 Å². The van der Waals surface area contributed by atoms with Gasteiger partial charge in [0.25, 0.3) is 0 Å². The van der Waals surface area contributed by atoms with Crippen molar-refractivity contribution in [3.05, 3.63) is 29.3 Å². The third-order valence-corrected chi connectivity index (χ3v) is 3.55. The fraction of sp³-hybridized carbons (Fsp3) is 0.400. The number of benzene rings is 1. The zero-order valence-corrected chi connectivity index (χ0v) is 12.1. The molecule has 0 aliphatic carbocycles. The van der Waals surface area contributed by atoms with Crippen LogP contribution >= 0.6 is 0 Å². The van der Waals surface area contributed by atoms with Gasteiger partial charge in [0.1, 0.15) is 5.75 Å². The summed E-state index contributed by atoms with van der Waals surface area (Å²) in [6.45, 7) is 3.66. The van der Waals surface area contributed by atoms with Gasteiger partial charge in [0, 0.05) is 31.7 Å². The first-order valence-electron chi connectivity index (χ1n) is 6.76. The van der Waals surface area contributed by atoms with Crippen LogP contribution in [0.3, 0.4) is 0 Å². The summed E-state index contributed by atoms with van der Waals surface area (Å²) in [6, 6.07) is 7.10. The number of hydrogen-bond acceptors (Lipinski definition) is 4. The van der Waals surface area contributed by atoms with Gasteiger partial charge in [-0.3, -0.25) is 9.59 Å². The molecule has 6 nitrogen and oxygen atoms in total. The van der Waals surface area contributed by atoms with Crippen LogP contribution in [0, 0.1) is 11.3 Å². The molecule has 1 aliphatic heterocycles. The second-order valence-corrected chi connectivity index (χ2v) is 4.75. The third-order valence-electron chi connectivity index (χ3n) is 3.55. The summed E-state index contributed by atoms with van der Waals surface area (Å²) in [5, 5.41) is 8.96. The van der Waals surface area contributed by atoms with Gasteiger partial charge in [-0.05, 0) is 25.1 Å². The van der Waals surface area contributed by atoms with Crippen LogP contribution in [0.25, 0.3) is 0 Å². The number of ether oxygens (including phenoxy) is 1. The lowest BCUT2D eigenvalue weighted by Crippen LogP contribution is -2.53. The SMILES string of the molecule is CCN1CCN(Cc2cc(C#N)ccc2OC)C(=O)C1=O. The molecule has 0 unspecified atom stereocenters. The summed E-state index contributed by atoms with van der Waals surface area (Å²) >= 11 is 0. The summed E-state index contributed by atoms with van der Waals surface area (Å²) in [6.07, 6.45) is 0. The topological polar surface area (TPSA) is 73.6 Å². The molecule has 0 spiro atoms. The Hall–Kier alpha value is -2.55. The summed E-state index contributed by atoms with van der Waals surface area (Å²) in [4.78, 5) is 27.0. The smallest absolute Gasteiger partial charge is 0.312 e.